The van der Waals surface area contributed by atoms with E-state index in [0.717, 1.165) is 25.9 Å². The second-order valence-electron chi connectivity index (χ2n) is 8.05. The number of carbonyl (C=O) groups excluding carboxylic acids is 2. The summed E-state index contributed by atoms with van der Waals surface area (Å²) < 4.78 is 12.9. The summed E-state index contributed by atoms with van der Waals surface area (Å²) in [6.07, 6.45) is 4.51. The third kappa shape index (κ3) is 7.16. The molecule has 162 valence electrons. The van der Waals surface area contributed by atoms with Gasteiger partial charge in [-0.2, -0.15) is 0 Å². The van der Waals surface area contributed by atoms with Gasteiger partial charge in [-0.15, -0.1) is 12.4 Å². The molecule has 3 amide bonds. The third-order valence-electron chi connectivity index (χ3n) is 5.92. The summed E-state index contributed by atoms with van der Waals surface area (Å²) in [5.41, 5.74) is 0.553. The number of nitrogens with one attached hydrogen (secondary N) is 3. The molecule has 6 nitrogen and oxygen atoms in total. The summed E-state index contributed by atoms with van der Waals surface area (Å²) in [5, 5.41) is 9.08. The van der Waals surface area contributed by atoms with Crippen LogP contribution in [0.15, 0.2) is 24.3 Å². The predicted molar refractivity (Wildman–Crippen MR) is 115 cm³/mol. The van der Waals surface area contributed by atoms with Crippen molar-refractivity contribution in [1.82, 2.24) is 15.5 Å². The van der Waals surface area contributed by atoms with Crippen molar-refractivity contribution in [2.24, 2.45) is 11.8 Å². The molecule has 2 aliphatic heterocycles. The first-order chi connectivity index (χ1) is 13.5. The molecule has 3 rings (SSSR count). The van der Waals surface area contributed by atoms with Crippen LogP contribution in [0, 0.1) is 17.7 Å². The van der Waals surface area contributed by atoms with Gasteiger partial charge in [0.2, 0.25) is 5.91 Å². The third-order valence-corrected chi connectivity index (χ3v) is 5.92. The van der Waals surface area contributed by atoms with Gasteiger partial charge in [-0.1, -0.05) is 6.92 Å². The fourth-order valence-corrected chi connectivity index (χ4v) is 4.09. The van der Waals surface area contributed by atoms with E-state index in [1.807, 2.05) is 4.90 Å². The van der Waals surface area contributed by atoms with Crippen molar-refractivity contribution in [1.29, 1.82) is 0 Å². The number of hydrogen-bond donors (Lipinski definition) is 3. The highest BCUT2D eigenvalue weighted by Crippen LogP contribution is 2.24. The van der Waals surface area contributed by atoms with Gasteiger partial charge in [0.05, 0.1) is 0 Å². The van der Waals surface area contributed by atoms with Crippen LogP contribution in [0.5, 0.6) is 0 Å². The van der Waals surface area contributed by atoms with E-state index < -0.39 is 0 Å². The van der Waals surface area contributed by atoms with Gasteiger partial charge in [0, 0.05) is 31.2 Å². The number of carbonyl (C=O) groups is 2. The maximum absolute atomic E-state index is 12.9. The summed E-state index contributed by atoms with van der Waals surface area (Å²) in [4.78, 5) is 26.7. The number of rotatable bonds is 5. The lowest BCUT2D eigenvalue weighted by molar-refractivity contribution is -0.133. The van der Waals surface area contributed by atoms with Gasteiger partial charge in [-0.25, -0.2) is 9.18 Å². The summed E-state index contributed by atoms with van der Waals surface area (Å²) in [7, 11) is 0. The van der Waals surface area contributed by atoms with Gasteiger partial charge in [0.1, 0.15) is 5.82 Å². The Balaban J connectivity index is 0.00000300. The molecule has 2 aliphatic rings. The molecule has 0 radical (unpaired) electrons. The van der Waals surface area contributed by atoms with Crippen LogP contribution in [0.1, 0.15) is 39.0 Å². The molecule has 2 saturated heterocycles. The van der Waals surface area contributed by atoms with Gasteiger partial charge in [0.15, 0.2) is 0 Å². The standard InChI is InChI=1S/C21H31FN4O2.ClH/c1-15(16-3-2-10-23-14-16)13-20(27)26-11-8-19(9-12-26)25-21(28)24-18-6-4-17(22)5-7-18;/h4-7,15-16,19,23H,2-3,8-14H2,1H3,(H2,24,25,28);1H. The van der Waals surface area contributed by atoms with Crippen molar-refractivity contribution in [3.05, 3.63) is 30.1 Å². The average Bonchev–Trinajstić information content (AvgIpc) is 2.71. The van der Waals surface area contributed by atoms with Gasteiger partial charge in [-0.05, 0) is 74.9 Å². The summed E-state index contributed by atoms with van der Waals surface area (Å²) in [6.45, 7) is 5.64. The van der Waals surface area contributed by atoms with Crippen molar-refractivity contribution >= 4 is 30.0 Å². The Morgan fingerprint density at radius 3 is 2.52 bits per heavy atom. The molecule has 3 N–H and O–H groups in total. The van der Waals surface area contributed by atoms with Crippen LogP contribution in [-0.4, -0.2) is 49.1 Å². The second-order valence-corrected chi connectivity index (χ2v) is 8.05. The van der Waals surface area contributed by atoms with E-state index in [4.69, 9.17) is 0 Å². The summed E-state index contributed by atoms with van der Waals surface area (Å²) in [5.74, 6) is 0.883. The lowest BCUT2D eigenvalue weighted by Crippen LogP contribution is -2.48. The van der Waals surface area contributed by atoms with Crippen LogP contribution in [-0.2, 0) is 4.79 Å². The molecule has 1 aromatic carbocycles. The Bertz CT molecular complexity index is 659. The van der Waals surface area contributed by atoms with Crippen molar-refractivity contribution in [2.45, 2.75) is 45.1 Å². The van der Waals surface area contributed by atoms with Crippen molar-refractivity contribution in [3.8, 4) is 0 Å². The van der Waals surface area contributed by atoms with Crippen LogP contribution in [0.3, 0.4) is 0 Å². The number of hydrogen-bond acceptors (Lipinski definition) is 3. The maximum Gasteiger partial charge on any atom is 0.319 e. The van der Waals surface area contributed by atoms with E-state index in [1.165, 1.54) is 37.1 Å². The Hall–Kier alpha value is -1.86. The van der Waals surface area contributed by atoms with Crippen LogP contribution in [0.25, 0.3) is 0 Å². The largest absolute Gasteiger partial charge is 0.343 e. The van der Waals surface area contributed by atoms with E-state index in [0.29, 0.717) is 37.0 Å². The van der Waals surface area contributed by atoms with Gasteiger partial charge in [0.25, 0.3) is 0 Å². The first-order valence-corrected chi connectivity index (χ1v) is 10.3. The molecule has 2 unspecified atom stereocenters. The summed E-state index contributed by atoms with van der Waals surface area (Å²) >= 11 is 0. The molecule has 0 bridgehead atoms. The van der Waals surface area contributed by atoms with E-state index in [9.17, 15) is 14.0 Å². The first kappa shape index (κ1) is 23.4. The van der Waals surface area contributed by atoms with Crippen LogP contribution < -0.4 is 16.0 Å². The lowest BCUT2D eigenvalue weighted by atomic mass is 9.85. The Kier molecular flexibility index (Phi) is 9.17. The molecule has 0 saturated carbocycles. The number of benzene rings is 1. The molecule has 0 spiro atoms. The molecule has 1 aromatic rings. The smallest absolute Gasteiger partial charge is 0.319 e. The average molecular weight is 427 g/mol. The number of likely N-dealkylation sites (tertiary alicyclic amines) is 1. The fraction of sp³-hybridized carbons (Fsp3) is 0.619. The zero-order chi connectivity index (χ0) is 19.9. The van der Waals surface area contributed by atoms with Crippen molar-refractivity contribution in [3.63, 3.8) is 0 Å². The zero-order valence-corrected chi connectivity index (χ0v) is 17.8. The molecule has 2 fully saturated rings. The number of urea groups is 1. The number of nitrogens with zero attached hydrogens (tertiary/aromatic N) is 1. The molecule has 8 heteroatoms. The number of amides is 3. The van der Waals surface area contributed by atoms with Crippen LogP contribution in [0.4, 0.5) is 14.9 Å². The molecule has 0 aliphatic carbocycles. The highest BCUT2D eigenvalue weighted by Gasteiger charge is 2.27. The molecule has 2 atom stereocenters. The molecule has 2 heterocycles. The van der Waals surface area contributed by atoms with Crippen molar-refractivity contribution in [2.75, 3.05) is 31.5 Å². The fourth-order valence-electron chi connectivity index (χ4n) is 4.09. The molecular formula is C21H32ClFN4O2. The molecular weight excluding hydrogens is 395 g/mol. The van der Waals surface area contributed by atoms with E-state index >= 15 is 0 Å². The number of halogens is 2. The van der Waals surface area contributed by atoms with Gasteiger partial charge >= 0.3 is 6.03 Å². The Labute approximate surface area is 178 Å². The van der Waals surface area contributed by atoms with Crippen molar-refractivity contribution < 1.29 is 14.0 Å². The monoisotopic (exact) mass is 426 g/mol. The second kappa shape index (κ2) is 11.4. The Morgan fingerprint density at radius 1 is 1.21 bits per heavy atom. The Morgan fingerprint density at radius 2 is 1.90 bits per heavy atom. The van der Waals surface area contributed by atoms with E-state index in [2.05, 4.69) is 22.9 Å². The predicted octanol–water partition coefficient (Wildman–Crippen LogP) is 3.39. The number of anilines is 1. The van der Waals surface area contributed by atoms with E-state index in [-0.39, 0.29) is 36.2 Å². The minimum absolute atomic E-state index is 0. The van der Waals surface area contributed by atoms with Crippen LogP contribution >= 0.6 is 12.4 Å². The summed E-state index contributed by atoms with van der Waals surface area (Å²) in [6, 6.07) is 5.42. The normalized spacial score (nSPS) is 21.0. The van der Waals surface area contributed by atoms with E-state index in [1.54, 1.807) is 0 Å². The van der Waals surface area contributed by atoms with Crippen LogP contribution in [0.2, 0.25) is 0 Å². The maximum atomic E-state index is 12.9. The zero-order valence-electron chi connectivity index (χ0n) is 17.0. The van der Waals surface area contributed by atoms with Gasteiger partial charge in [-0.3, -0.25) is 4.79 Å². The topological polar surface area (TPSA) is 73.5 Å². The molecule has 0 aromatic heterocycles. The molecule has 29 heavy (non-hydrogen) atoms. The minimum Gasteiger partial charge on any atom is -0.343 e. The highest BCUT2D eigenvalue weighted by molar-refractivity contribution is 5.89. The lowest BCUT2D eigenvalue weighted by Gasteiger charge is -2.34. The quantitative estimate of drug-likeness (QED) is 0.675. The minimum atomic E-state index is -0.336. The SMILES string of the molecule is CC(CC(=O)N1CCC(NC(=O)Nc2ccc(F)cc2)CC1)C1CCCNC1.Cl. The highest BCUT2D eigenvalue weighted by atomic mass is 35.5. The number of piperidine rings is 2. The van der Waals surface area contributed by atoms with Gasteiger partial charge < -0.3 is 20.9 Å². The first-order valence-electron chi connectivity index (χ1n) is 10.3.